The van der Waals surface area contributed by atoms with Crippen LogP contribution in [0.5, 0.6) is 0 Å². The lowest BCUT2D eigenvalue weighted by Crippen LogP contribution is -2.45. The van der Waals surface area contributed by atoms with E-state index in [1.807, 2.05) is 60.7 Å². The Labute approximate surface area is 392 Å². The zero-order valence-electron chi connectivity index (χ0n) is 37.2. The molecule has 4 aromatic carbocycles. The Balaban J connectivity index is 0.000000191. The van der Waals surface area contributed by atoms with E-state index < -0.39 is 12.1 Å². The third-order valence-corrected chi connectivity index (χ3v) is 14.1. The fraction of sp³-hybridized carbons (Fsp3) is 0.417. The predicted molar refractivity (Wildman–Crippen MR) is 258 cm³/mol. The highest BCUT2D eigenvalue weighted by molar-refractivity contribution is 9.10. The maximum Gasteiger partial charge on any atom is 0.322 e. The average molecular weight is 1000 g/mol. The number of carbonyl (C=O) groups excluding carboxylic acids is 4. The van der Waals surface area contributed by atoms with E-state index in [2.05, 4.69) is 115 Å². The second-order valence-electron chi connectivity index (χ2n) is 17.0. The van der Waals surface area contributed by atoms with Crippen molar-refractivity contribution in [1.82, 2.24) is 19.6 Å². The molecule has 0 aromatic heterocycles. The van der Waals surface area contributed by atoms with Gasteiger partial charge in [0.15, 0.2) is 0 Å². The van der Waals surface area contributed by atoms with Gasteiger partial charge < -0.3 is 40.5 Å². The molecule has 0 saturated carbocycles. The van der Waals surface area contributed by atoms with E-state index in [-0.39, 0.29) is 36.1 Å². The molecule has 0 radical (unpaired) electrons. The molecule has 6 amide bonds. The van der Waals surface area contributed by atoms with Crippen LogP contribution < -0.4 is 21.3 Å². The molecule has 2 saturated heterocycles. The molecule has 4 aromatic rings. The third-order valence-electron chi connectivity index (χ3n) is 13.0. The first-order chi connectivity index (χ1) is 30.7. The minimum atomic E-state index is -0.600. The van der Waals surface area contributed by atoms with Crippen molar-refractivity contribution in [3.05, 3.63) is 116 Å². The Morgan fingerprint density at radius 3 is 1.27 bits per heavy atom. The van der Waals surface area contributed by atoms with Gasteiger partial charge in [0.1, 0.15) is 12.1 Å². The summed E-state index contributed by atoms with van der Waals surface area (Å²) in [5.74, 6) is -0.395. The minimum Gasteiger partial charge on any atom is -0.380 e. The van der Waals surface area contributed by atoms with Gasteiger partial charge in [-0.05, 0) is 136 Å². The van der Waals surface area contributed by atoms with Crippen LogP contribution in [-0.2, 0) is 31.9 Å². The molecule has 14 nitrogen and oxygen atoms in total. The maximum absolute atomic E-state index is 13.2. The quantitative estimate of drug-likeness (QED) is 0.138. The number of methoxy groups -OCH3 is 2. The second kappa shape index (κ2) is 21.0. The number of hydrogen-bond donors (Lipinski definition) is 4. The van der Waals surface area contributed by atoms with E-state index in [4.69, 9.17) is 9.47 Å². The van der Waals surface area contributed by atoms with Crippen molar-refractivity contribution in [2.24, 2.45) is 0 Å². The highest BCUT2D eigenvalue weighted by Crippen LogP contribution is 2.33. The van der Waals surface area contributed by atoms with Gasteiger partial charge in [0.2, 0.25) is 11.8 Å². The number of likely N-dealkylation sites (N-methyl/N-ethyl adjacent to an activating group) is 2. The summed E-state index contributed by atoms with van der Waals surface area (Å²) in [6, 6.07) is 25.8. The van der Waals surface area contributed by atoms with Crippen molar-refractivity contribution in [3.8, 4) is 0 Å². The third kappa shape index (κ3) is 11.1. The molecule has 6 atom stereocenters. The fourth-order valence-corrected chi connectivity index (χ4v) is 9.39. The van der Waals surface area contributed by atoms with Gasteiger partial charge in [0, 0.05) is 97.0 Å². The van der Waals surface area contributed by atoms with Crippen LogP contribution in [0.1, 0.15) is 61.0 Å². The zero-order valence-corrected chi connectivity index (χ0v) is 40.4. The Morgan fingerprint density at radius 1 is 0.547 bits per heavy atom. The molecule has 4 aliphatic rings. The van der Waals surface area contributed by atoms with Crippen LogP contribution in [-0.4, -0.2) is 122 Å². The molecule has 8 rings (SSSR count). The maximum atomic E-state index is 13.2. The van der Waals surface area contributed by atoms with Crippen LogP contribution in [0, 0.1) is 0 Å². The highest BCUT2D eigenvalue weighted by Gasteiger charge is 2.41. The Kier molecular flexibility index (Phi) is 15.5. The lowest BCUT2D eigenvalue weighted by molar-refractivity contribution is -0.120. The topological polar surface area (TPSA) is 148 Å². The zero-order chi connectivity index (χ0) is 45.7. The van der Waals surface area contributed by atoms with Gasteiger partial charge in [0.25, 0.3) is 0 Å². The van der Waals surface area contributed by atoms with Gasteiger partial charge >= 0.3 is 12.1 Å². The summed E-state index contributed by atoms with van der Waals surface area (Å²) in [4.78, 5) is 60.0. The number of nitrogens with zero attached hydrogens (tertiary/aromatic N) is 4. The van der Waals surface area contributed by atoms with Crippen molar-refractivity contribution in [1.29, 1.82) is 0 Å². The lowest BCUT2D eigenvalue weighted by Gasteiger charge is -2.32. The van der Waals surface area contributed by atoms with Crippen LogP contribution in [0.4, 0.5) is 32.3 Å². The largest absolute Gasteiger partial charge is 0.380 e. The Morgan fingerprint density at radius 2 is 0.906 bits per heavy atom. The molecule has 0 unspecified atom stereocenters. The number of hydrogen-bond acceptors (Lipinski definition) is 8. The van der Waals surface area contributed by atoms with E-state index >= 15 is 0 Å². The molecule has 4 aliphatic heterocycles. The first-order valence-corrected chi connectivity index (χ1v) is 23.3. The molecule has 0 spiro atoms. The van der Waals surface area contributed by atoms with E-state index in [9.17, 15) is 19.2 Å². The molecule has 340 valence electrons. The summed E-state index contributed by atoms with van der Waals surface area (Å²) >= 11 is 6.78. The summed E-state index contributed by atoms with van der Waals surface area (Å²) in [5.41, 5.74) is 8.00. The first-order valence-electron chi connectivity index (χ1n) is 21.7. The number of ether oxygens (including phenoxy) is 2. The number of urea groups is 2. The van der Waals surface area contributed by atoms with Gasteiger partial charge in [-0.2, -0.15) is 0 Å². The predicted octanol–water partition coefficient (Wildman–Crippen LogP) is 8.52. The smallest absolute Gasteiger partial charge is 0.322 e. The van der Waals surface area contributed by atoms with Crippen LogP contribution in [0.2, 0.25) is 0 Å². The van der Waals surface area contributed by atoms with Crippen LogP contribution in [0.15, 0.2) is 93.9 Å². The summed E-state index contributed by atoms with van der Waals surface area (Å²) in [5, 5.41) is 11.8. The van der Waals surface area contributed by atoms with Crippen LogP contribution >= 0.6 is 31.9 Å². The number of halogens is 2. The van der Waals surface area contributed by atoms with E-state index in [0.717, 1.165) is 46.3 Å². The number of benzene rings is 4. The summed E-state index contributed by atoms with van der Waals surface area (Å²) in [6.45, 7) is 7.11. The monoisotopic (exact) mass is 1000 g/mol. The van der Waals surface area contributed by atoms with Crippen molar-refractivity contribution >= 4 is 78.5 Å². The number of fused-ring (bicyclic) bond motifs is 2. The van der Waals surface area contributed by atoms with Gasteiger partial charge in [-0.3, -0.25) is 19.4 Å². The number of rotatable bonds is 8. The van der Waals surface area contributed by atoms with Crippen LogP contribution in [0.3, 0.4) is 0 Å². The molecule has 2 fully saturated rings. The Bertz CT molecular complexity index is 2160. The van der Waals surface area contributed by atoms with Gasteiger partial charge in [-0.25, -0.2) is 9.59 Å². The molecule has 16 heteroatoms. The average Bonchev–Trinajstić information content (AvgIpc) is 3.94. The van der Waals surface area contributed by atoms with Gasteiger partial charge in [-0.15, -0.1) is 0 Å². The van der Waals surface area contributed by atoms with Gasteiger partial charge in [0.05, 0.1) is 12.2 Å². The number of likely N-dealkylation sites (tertiary alicyclic amines) is 2. The molecular formula is C48H58Br2N8O6. The first kappa shape index (κ1) is 47.1. The number of amides is 6. The van der Waals surface area contributed by atoms with Crippen molar-refractivity contribution in [3.63, 3.8) is 0 Å². The normalized spacial score (nSPS) is 23.0. The minimum absolute atomic E-state index is 0.179. The molecule has 64 heavy (non-hydrogen) atoms. The SMILES string of the molecule is CO[C@@H]1C[C@H](C(=O)Nc2ccc3c(c2)CCN(C)[C@@H]3C)N(C(=O)Nc2ccc(Br)cc2)C1.CO[C@@H]1C[C@H](C(=O)Nc2ccc3c(c2)CCN(C)[C@H]3C)N(C(=O)Nc2ccc(Br)cc2)C1. The number of carbonyl (C=O) groups is 4. The van der Waals surface area contributed by atoms with Crippen molar-refractivity contribution in [2.75, 3.05) is 75.8 Å². The van der Waals surface area contributed by atoms with Crippen LogP contribution in [0.25, 0.3) is 0 Å². The van der Waals surface area contributed by atoms with E-state index in [0.29, 0.717) is 49.4 Å². The summed E-state index contributed by atoms with van der Waals surface area (Å²) in [6.07, 6.45) is 2.47. The molecule has 0 bridgehead atoms. The second-order valence-corrected chi connectivity index (χ2v) is 18.8. The van der Waals surface area contributed by atoms with E-state index in [1.54, 1.807) is 24.0 Å². The summed E-state index contributed by atoms with van der Waals surface area (Å²) < 4.78 is 12.8. The fourth-order valence-electron chi connectivity index (χ4n) is 8.86. The lowest BCUT2D eigenvalue weighted by atomic mass is 9.93. The van der Waals surface area contributed by atoms with Gasteiger partial charge in [-0.1, -0.05) is 44.0 Å². The van der Waals surface area contributed by atoms with Crippen molar-refractivity contribution < 1.29 is 28.7 Å². The summed E-state index contributed by atoms with van der Waals surface area (Å²) in [7, 11) is 7.47. The number of nitrogens with one attached hydrogen (secondary N) is 4. The van der Waals surface area contributed by atoms with Crippen molar-refractivity contribution in [2.45, 2.75) is 75.9 Å². The highest BCUT2D eigenvalue weighted by atomic mass is 79.9. The standard InChI is InChI=1S/2C24H29BrN4O3/c2*1-15-21-9-8-19(12-16(21)10-11-28(15)2)26-23(30)22-13-20(32-3)14-29(22)24(31)27-18-6-4-17(25)5-7-18/h2*4-9,12,15,20,22H,10-11,13-14H2,1-3H3,(H,26,30)(H,27,31)/t15-,20+,22+;15-,20-,22-/m01/s1. The Hall–Kier alpha value is -4.84. The molecule has 0 aliphatic carbocycles. The van der Waals surface area contributed by atoms with E-state index in [1.165, 1.54) is 22.3 Å². The molecule has 4 heterocycles. The number of anilines is 4. The molecular weight excluding hydrogens is 944 g/mol. The molecule has 4 N–H and O–H groups in total.